The highest BCUT2D eigenvalue weighted by molar-refractivity contribution is 6.30. The molecule has 1 heterocycles. The van der Waals surface area contributed by atoms with Crippen molar-refractivity contribution in [1.82, 2.24) is 5.32 Å². The summed E-state index contributed by atoms with van der Waals surface area (Å²) in [7, 11) is 0. The molecule has 0 bridgehead atoms. The molecule has 3 nitrogen and oxygen atoms in total. The molecule has 4 heteroatoms. The molecule has 1 fully saturated rings. The molecule has 1 saturated heterocycles. The predicted molar refractivity (Wildman–Crippen MR) is 72.9 cm³/mol. The van der Waals surface area contributed by atoms with Crippen LogP contribution in [-0.4, -0.2) is 30.4 Å². The Morgan fingerprint density at radius 2 is 1.89 bits per heavy atom. The molecular weight excluding hydrogens is 250 g/mol. The monoisotopic (exact) mass is 269 g/mol. The van der Waals surface area contributed by atoms with E-state index in [0.717, 1.165) is 31.6 Å². The van der Waals surface area contributed by atoms with E-state index in [0.29, 0.717) is 11.1 Å². The first-order valence-corrected chi connectivity index (χ1v) is 6.82. The van der Waals surface area contributed by atoms with Gasteiger partial charge in [0.1, 0.15) is 0 Å². The first-order chi connectivity index (χ1) is 8.66. The van der Waals surface area contributed by atoms with Gasteiger partial charge >= 0.3 is 0 Å². The average Bonchev–Trinajstić information content (AvgIpc) is 2.40. The molecule has 0 aliphatic carbocycles. The number of hydrogen-bond donors (Lipinski definition) is 2. The van der Waals surface area contributed by atoms with E-state index < -0.39 is 6.10 Å². The van der Waals surface area contributed by atoms with Gasteiger partial charge in [-0.1, -0.05) is 23.7 Å². The van der Waals surface area contributed by atoms with Crippen molar-refractivity contribution in [2.24, 2.45) is 0 Å². The van der Waals surface area contributed by atoms with Crippen LogP contribution in [-0.2, 0) is 4.74 Å². The van der Waals surface area contributed by atoms with Crippen LogP contribution in [0, 0.1) is 0 Å². The van der Waals surface area contributed by atoms with Gasteiger partial charge < -0.3 is 15.2 Å². The highest BCUT2D eigenvalue weighted by Gasteiger charge is 2.21. The van der Waals surface area contributed by atoms with Gasteiger partial charge in [0.25, 0.3) is 0 Å². The summed E-state index contributed by atoms with van der Waals surface area (Å²) in [5.41, 5.74) is 0.895. The van der Waals surface area contributed by atoms with Crippen LogP contribution in [0.5, 0.6) is 0 Å². The van der Waals surface area contributed by atoms with E-state index in [1.807, 2.05) is 19.1 Å². The summed E-state index contributed by atoms with van der Waals surface area (Å²) in [6.07, 6.45) is 1.51. The summed E-state index contributed by atoms with van der Waals surface area (Å²) in [6, 6.07) is 7.82. The zero-order valence-corrected chi connectivity index (χ0v) is 11.4. The topological polar surface area (TPSA) is 41.5 Å². The molecule has 1 aromatic carbocycles. The van der Waals surface area contributed by atoms with Crippen LogP contribution in [0.4, 0.5) is 0 Å². The van der Waals surface area contributed by atoms with Crippen molar-refractivity contribution in [3.8, 4) is 0 Å². The Hall–Kier alpha value is -0.610. The van der Waals surface area contributed by atoms with E-state index in [9.17, 15) is 5.11 Å². The second kappa shape index (κ2) is 6.53. The molecule has 2 unspecified atom stereocenters. The molecule has 100 valence electrons. The molecule has 0 amide bonds. The summed E-state index contributed by atoms with van der Waals surface area (Å²) in [6.45, 7) is 3.62. The number of rotatable bonds is 4. The lowest BCUT2D eigenvalue weighted by Gasteiger charge is -2.29. The molecule has 2 atom stereocenters. The number of ether oxygens (including phenoxy) is 1. The summed E-state index contributed by atoms with van der Waals surface area (Å²) in [5, 5.41) is 14.4. The quantitative estimate of drug-likeness (QED) is 0.883. The van der Waals surface area contributed by atoms with Crippen LogP contribution in [0.25, 0.3) is 0 Å². The first kappa shape index (κ1) is 13.8. The van der Waals surface area contributed by atoms with E-state index in [-0.39, 0.29) is 6.04 Å². The third kappa shape index (κ3) is 3.69. The van der Waals surface area contributed by atoms with Crippen molar-refractivity contribution in [2.75, 3.05) is 13.2 Å². The zero-order chi connectivity index (χ0) is 13.0. The minimum absolute atomic E-state index is 0.0225. The summed E-state index contributed by atoms with van der Waals surface area (Å²) in [4.78, 5) is 0. The molecule has 0 saturated carbocycles. The van der Waals surface area contributed by atoms with Gasteiger partial charge in [-0.15, -0.1) is 0 Å². The van der Waals surface area contributed by atoms with Crippen molar-refractivity contribution in [1.29, 1.82) is 0 Å². The molecular formula is C14H20ClNO2. The Bertz CT molecular complexity index is 363. The van der Waals surface area contributed by atoms with Gasteiger partial charge in [-0.25, -0.2) is 0 Å². The fourth-order valence-electron chi connectivity index (χ4n) is 2.28. The lowest BCUT2D eigenvalue weighted by Crippen LogP contribution is -2.43. The third-order valence-corrected chi connectivity index (χ3v) is 3.66. The number of halogens is 1. The molecule has 1 aromatic rings. The van der Waals surface area contributed by atoms with Gasteiger partial charge in [-0.3, -0.25) is 0 Å². The Labute approximate surface area is 113 Å². The molecule has 2 N–H and O–H groups in total. The van der Waals surface area contributed by atoms with Crippen LogP contribution >= 0.6 is 11.6 Å². The third-order valence-electron chi connectivity index (χ3n) is 3.41. The van der Waals surface area contributed by atoms with Gasteiger partial charge in [0.15, 0.2) is 0 Å². The van der Waals surface area contributed by atoms with E-state index in [4.69, 9.17) is 16.3 Å². The largest absolute Gasteiger partial charge is 0.387 e. The highest BCUT2D eigenvalue weighted by Crippen LogP contribution is 2.20. The van der Waals surface area contributed by atoms with Crippen LogP contribution in [0.1, 0.15) is 31.4 Å². The maximum Gasteiger partial charge on any atom is 0.0940 e. The van der Waals surface area contributed by atoms with Gasteiger partial charge in [0.2, 0.25) is 0 Å². The second-order valence-corrected chi connectivity index (χ2v) is 5.27. The van der Waals surface area contributed by atoms with Gasteiger partial charge in [-0.05, 0) is 37.5 Å². The second-order valence-electron chi connectivity index (χ2n) is 4.84. The Morgan fingerprint density at radius 1 is 1.28 bits per heavy atom. The maximum absolute atomic E-state index is 10.3. The Morgan fingerprint density at radius 3 is 2.50 bits per heavy atom. The van der Waals surface area contributed by atoms with Crippen molar-refractivity contribution >= 4 is 11.6 Å². The number of aliphatic hydroxyl groups is 1. The van der Waals surface area contributed by atoms with E-state index >= 15 is 0 Å². The molecule has 0 radical (unpaired) electrons. The minimum Gasteiger partial charge on any atom is -0.387 e. The number of benzene rings is 1. The molecule has 2 rings (SSSR count). The molecule has 1 aliphatic heterocycles. The summed E-state index contributed by atoms with van der Waals surface area (Å²) < 4.78 is 5.32. The van der Waals surface area contributed by atoms with Crippen molar-refractivity contribution in [3.63, 3.8) is 0 Å². The Kier molecular flexibility index (Phi) is 5.01. The fourth-order valence-corrected chi connectivity index (χ4v) is 2.40. The smallest absolute Gasteiger partial charge is 0.0940 e. The lowest BCUT2D eigenvalue weighted by molar-refractivity contribution is 0.0627. The van der Waals surface area contributed by atoms with Gasteiger partial charge in [0.05, 0.1) is 6.10 Å². The lowest BCUT2D eigenvalue weighted by atomic mass is 10.0. The maximum atomic E-state index is 10.3. The molecule has 18 heavy (non-hydrogen) atoms. The standard InChI is InChI=1S/C14H20ClNO2/c1-10(16-13-6-8-18-9-7-13)14(17)11-2-4-12(15)5-3-11/h2-5,10,13-14,16-17H,6-9H2,1H3. The number of aliphatic hydroxyl groups excluding tert-OH is 1. The first-order valence-electron chi connectivity index (χ1n) is 6.44. The normalized spacial score (nSPS) is 20.6. The van der Waals surface area contributed by atoms with E-state index in [2.05, 4.69) is 5.32 Å². The zero-order valence-electron chi connectivity index (χ0n) is 10.6. The van der Waals surface area contributed by atoms with Crippen LogP contribution in [0.2, 0.25) is 5.02 Å². The SMILES string of the molecule is CC(NC1CCOCC1)C(O)c1ccc(Cl)cc1. The average molecular weight is 270 g/mol. The minimum atomic E-state index is -0.509. The molecule has 0 spiro atoms. The van der Waals surface area contributed by atoms with Crippen LogP contribution < -0.4 is 5.32 Å². The Balaban J connectivity index is 1.91. The van der Waals surface area contributed by atoms with Crippen LogP contribution in [0.15, 0.2) is 24.3 Å². The fraction of sp³-hybridized carbons (Fsp3) is 0.571. The van der Waals surface area contributed by atoms with Crippen molar-refractivity contribution < 1.29 is 9.84 Å². The van der Waals surface area contributed by atoms with Crippen LogP contribution in [0.3, 0.4) is 0 Å². The molecule has 0 aromatic heterocycles. The van der Waals surface area contributed by atoms with Crippen molar-refractivity contribution in [3.05, 3.63) is 34.9 Å². The summed E-state index contributed by atoms with van der Waals surface area (Å²) in [5.74, 6) is 0. The number of hydrogen-bond acceptors (Lipinski definition) is 3. The van der Waals surface area contributed by atoms with E-state index in [1.54, 1.807) is 12.1 Å². The summed E-state index contributed by atoms with van der Waals surface area (Å²) >= 11 is 5.84. The predicted octanol–water partition coefficient (Wildman–Crippen LogP) is 2.53. The van der Waals surface area contributed by atoms with Gasteiger partial charge in [0, 0.05) is 30.3 Å². The molecule has 1 aliphatic rings. The van der Waals surface area contributed by atoms with E-state index in [1.165, 1.54) is 0 Å². The highest BCUT2D eigenvalue weighted by atomic mass is 35.5. The van der Waals surface area contributed by atoms with Crippen molar-refractivity contribution in [2.45, 2.75) is 38.0 Å². The van der Waals surface area contributed by atoms with Gasteiger partial charge in [-0.2, -0.15) is 0 Å². The number of nitrogens with one attached hydrogen (secondary N) is 1.